The third kappa shape index (κ3) is 2.78. The number of ether oxygens (including phenoxy) is 3. The number of nitrogens with zero attached hydrogens (tertiary/aromatic N) is 1. The SMILES string of the molecule is CN1C(=O)COc2c(NC=C3C(=O)OC(C)(C)OC3=O)cccc21. The predicted octanol–water partition coefficient (Wildman–Crippen LogP) is 1.17. The molecule has 2 aliphatic rings. The molecule has 0 spiro atoms. The maximum absolute atomic E-state index is 11.9. The van der Waals surface area contributed by atoms with Crippen LogP contribution in [-0.4, -0.2) is 37.3 Å². The fraction of sp³-hybridized carbons (Fsp3) is 0.312. The average Bonchev–Trinajstić information content (AvgIpc) is 2.49. The number of cyclic esters (lactones) is 2. The molecule has 8 heteroatoms. The van der Waals surface area contributed by atoms with Gasteiger partial charge in [0.25, 0.3) is 11.7 Å². The number of rotatable bonds is 2. The number of carbonyl (C=O) groups excluding carboxylic acids is 3. The van der Waals surface area contributed by atoms with Gasteiger partial charge in [-0.15, -0.1) is 0 Å². The molecule has 2 heterocycles. The summed E-state index contributed by atoms with van der Waals surface area (Å²) in [6.45, 7) is 2.86. The number of benzene rings is 1. The molecular weight excluding hydrogens is 316 g/mol. The third-order valence-corrected chi connectivity index (χ3v) is 3.56. The van der Waals surface area contributed by atoms with E-state index in [1.807, 2.05) is 0 Å². The van der Waals surface area contributed by atoms with Crippen LogP contribution in [0.25, 0.3) is 0 Å². The van der Waals surface area contributed by atoms with Crippen LogP contribution in [0.3, 0.4) is 0 Å². The summed E-state index contributed by atoms with van der Waals surface area (Å²) in [5, 5.41) is 2.84. The topological polar surface area (TPSA) is 94.2 Å². The Bertz CT molecular complexity index is 746. The van der Waals surface area contributed by atoms with Crippen molar-refractivity contribution in [3.05, 3.63) is 30.0 Å². The Morgan fingerprint density at radius 3 is 2.50 bits per heavy atom. The first-order chi connectivity index (χ1) is 11.3. The van der Waals surface area contributed by atoms with Crippen LogP contribution in [0.5, 0.6) is 5.75 Å². The van der Waals surface area contributed by atoms with Crippen LogP contribution in [0.1, 0.15) is 13.8 Å². The van der Waals surface area contributed by atoms with Crippen molar-refractivity contribution in [2.24, 2.45) is 0 Å². The number of carbonyl (C=O) groups is 3. The van der Waals surface area contributed by atoms with Crippen LogP contribution in [0, 0.1) is 0 Å². The van der Waals surface area contributed by atoms with Crippen molar-refractivity contribution in [1.29, 1.82) is 0 Å². The maximum Gasteiger partial charge on any atom is 0.350 e. The average molecular weight is 332 g/mol. The molecule has 0 radical (unpaired) electrons. The Balaban J connectivity index is 1.87. The Hall–Kier alpha value is -3.03. The summed E-state index contributed by atoms with van der Waals surface area (Å²) in [6.07, 6.45) is 1.20. The largest absolute Gasteiger partial charge is 0.479 e. The lowest BCUT2D eigenvalue weighted by molar-refractivity contribution is -0.222. The lowest BCUT2D eigenvalue weighted by Gasteiger charge is -2.30. The summed E-state index contributed by atoms with van der Waals surface area (Å²) in [7, 11) is 1.64. The van der Waals surface area contributed by atoms with E-state index in [1.165, 1.54) is 24.9 Å². The van der Waals surface area contributed by atoms with Crippen molar-refractivity contribution in [2.45, 2.75) is 19.6 Å². The van der Waals surface area contributed by atoms with E-state index in [1.54, 1.807) is 25.2 Å². The number of fused-ring (bicyclic) bond motifs is 1. The van der Waals surface area contributed by atoms with Gasteiger partial charge in [0.15, 0.2) is 17.9 Å². The van der Waals surface area contributed by atoms with E-state index >= 15 is 0 Å². The molecule has 1 amide bonds. The highest BCUT2D eigenvalue weighted by Gasteiger charge is 2.39. The van der Waals surface area contributed by atoms with Gasteiger partial charge in [-0.1, -0.05) is 6.07 Å². The van der Waals surface area contributed by atoms with E-state index in [2.05, 4.69) is 5.32 Å². The highest BCUT2D eigenvalue weighted by atomic mass is 16.7. The summed E-state index contributed by atoms with van der Waals surface area (Å²) in [6, 6.07) is 5.15. The minimum absolute atomic E-state index is 0.0863. The van der Waals surface area contributed by atoms with Gasteiger partial charge in [-0.25, -0.2) is 9.59 Å². The number of amides is 1. The van der Waals surface area contributed by atoms with Crippen LogP contribution in [-0.2, 0) is 23.9 Å². The predicted molar refractivity (Wildman–Crippen MR) is 83.3 cm³/mol. The van der Waals surface area contributed by atoms with Gasteiger partial charge in [0.05, 0.1) is 11.4 Å². The third-order valence-electron chi connectivity index (χ3n) is 3.56. The van der Waals surface area contributed by atoms with Gasteiger partial charge in [0.1, 0.15) is 0 Å². The van der Waals surface area contributed by atoms with Crippen molar-refractivity contribution >= 4 is 29.2 Å². The Kier molecular flexibility index (Phi) is 3.67. The second-order valence-electron chi connectivity index (χ2n) is 5.78. The van der Waals surface area contributed by atoms with E-state index < -0.39 is 17.7 Å². The summed E-state index contributed by atoms with van der Waals surface area (Å²) < 4.78 is 15.5. The van der Waals surface area contributed by atoms with E-state index in [9.17, 15) is 14.4 Å². The Morgan fingerprint density at radius 1 is 1.17 bits per heavy atom. The normalized spacial score (nSPS) is 19.0. The van der Waals surface area contributed by atoms with Crippen LogP contribution < -0.4 is 15.0 Å². The van der Waals surface area contributed by atoms with Gasteiger partial charge in [-0.05, 0) is 12.1 Å². The molecule has 1 fully saturated rings. The fourth-order valence-electron chi connectivity index (χ4n) is 2.35. The van der Waals surface area contributed by atoms with E-state index in [-0.39, 0.29) is 18.1 Å². The Labute approximate surface area is 138 Å². The molecular formula is C16H16N2O6. The van der Waals surface area contributed by atoms with Gasteiger partial charge >= 0.3 is 11.9 Å². The highest BCUT2D eigenvalue weighted by Crippen LogP contribution is 2.38. The fourth-order valence-corrected chi connectivity index (χ4v) is 2.35. The van der Waals surface area contributed by atoms with Crippen LogP contribution >= 0.6 is 0 Å². The number of esters is 2. The number of para-hydroxylation sites is 1. The monoisotopic (exact) mass is 332 g/mol. The van der Waals surface area contributed by atoms with E-state index in [0.29, 0.717) is 17.1 Å². The van der Waals surface area contributed by atoms with Crippen LogP contribution in [0.4, 0.5) is 11.4 Å². The number of nitrogens with one attached hydrogen (secondary N) is 1. The molecule has 0 bridgehead atoms. The first kappa shape index (κ1) is 15.9. The van der Waals surface area contributed by atoms with E-state index in [0.717, 1.165) is 0 Å². The molecule has 126 valence electrons. The minimum atomic E-state index is -1.29. The molecule has 1 N–H and O–H groups in total. The minimum Gasteiger partial charge on any atom is -0.479 e. The van der Waals surface area contributed by atoms with E-state index in [4.69, 9.17) is 14.2 Å². The molecule has 8 nitrogen and oxygen atoms in total. The number of hydrogen-bond donors (Lipinski definition) is 1. The molecule has 24 heavy (non-hydrogen) atoms. The first-order valence-electron chi connectivity index (χ1n) is 7.24. The molecule has 2 aliphatic heterocycles. The molecule has 0 unspecified atom stereocenters. The summed E-state index contributed by atoms with van der Waals surface area (Å²) in [5.74, 6) is -2.55. The van der Waals surface area contributed by atoms with Crippen molar-refractivity contribution < 1.29 is 28.6 Å². The van der Waals surface area contributed by atoms with Crippen molar-refractivity contribution in [1.82, 2.24) is 0 Å². The smallest absolute Gasteiger partial charge is 0.350 e. The summed E-state index contributed by atoms with van der Waals surface area (Å²) in [5.41, 5.74) is 0.835. The number of likely N-dealkylation sites (N-methyl/N-ethyl adjacent to an activating group) is 1. The zero-order chi connectivity index (χ0) is 17.5. The maximum atomic E-state index is 11.9. The standard InChI is InChI=1S/C16H16N2O6/c1-16(2)23-14(20)9(15(21)24-16)7-17-10-5-4-6-11-13(10)22-8-12(19)18(11)3/h4-7,17H,8H2,1-3H3. The number of hydrogen-bond acceptors (Lipinski definition) is 7. The molecule has 1 saturated heterocycles. The first-order valence-corrected chi connectivity index (χ1v) is 7.24. The van der Waals surface area contributed by atoms with Gasteiger partial charge in [-0.3, -0.25) is 4.79 Å². The lowest BCUT2D eigenvalue weighted by atomic mass is 10.2. The van der Waals surface area contributed by atoms with Crippen molar-refractivity contribution in [3.63, 3.8) is 0 Å². The zero-order valence-electron chi connectivity index (χ0n) is 13.4. The number of anilines is 2. The van der Waals surface area contributed by atoms with Crippen molar-refractivity contribution in [2.75, 3.05) is 23.9 Å². The molecule has 0 saturated carbocycles. The van der Waals surface area contributed by atoms with Gasteiger partial charge in [-0.2, -0.15) is 0 Å². The molecule has 1 aromatic carbocycles. The summed E-state index contributed by atoms with van der Waals surface area (Å²) in [4.78, 5) is 37.0. The van der Waals surface area contributed by atoms with Crippen molar-refractivity contribution in [3.8, 4) is 5.75 Å². The van der Waals surface area contributed by atoms with Crippen LogP contribution in [0.15, 0.2) is 30.0 Å². The molecule has 3 rings (SSSR count). The second kappa shape index (κ2) is 5.55. The lowest BCUT2D eigenvalue weighted by Crippen LogP contribution is -2.42. The Morgan fingerprint density at radius 2 is 1.83 bits per heavy atom. The molecule has 0 aromatic heterocycles. The highest BCUT2D eigenvalue weighted by molar-refractivity contribution is 6.15. The second-order valence-corrected chi connectivity index (χ2v) is 5.78. The van der Waals surface area contributed by atoms with Gasteiger partial charge < -0.3 is 24.4 Å². The van der Waals surface area contributed by atoms with Crippen LogP contribution in [0.2, 0.25) is 0 Å². The quantitative estimate of drug-likeness (QED) is 0.493. The van der Waals surface area contributed by atoms with Gasteiger partial charge in [0.2, 0.25) is 0 Å². The summed E-state index contributed by atoms with van der Waals surface area (Å²) >= 11 is 0. The molecule has 0 aliphatic carbocycles. The molecule has 1 aromatic rings. The molecule has 0 atom stereocenters. The zero-order valence-corrected chi connectivity index (χ0v) is 13.4. The van der Waals surface area contributed by atoms with Gasteiger partial charge in [0, 0.05) is 27.1 Å².